The number of nitrogens with zero attached hydrogens (tertiary/aromatic N) is 6. The first-order valence-electron chi connectivity index (χ1n) is 44.2. The Bertz CT molecular complexity index is 4830. The molecule has 0 bridgehead atoms. The van der Waals surface area contributed by atoms with Crippen LogP contribution in [0.2, 0.25) is 5.02 Å². The molecule has 3 saturated heterocycles. The number of nitrogens with one attached hydrogen (secondary N) is 8. The number of halogens is 2. The summed E-state index contributed by atoms with van der Waals surface area (Å²) in [6, 6.07) is 16.6. The van der Waals surface area contributed by atoms with E-state index in [1.807, 2.05) is 45.0 Å². The molecule has 0 radical (unpaired) electrons. The van der Waals surface area contributed by atoms with Crippen LogP contribution >= 0.6 is 11.6 Å². The van der Waals surface area contributed by atoms with E-state index in [1.54, 1.807) is 104 Å². The average Bonchev–Trinajstić information content (AvgIpc) is 1.39. The van der Waals surface area contributed by atoms with Gasteiger partial charge in [0, 0.05) is 102 Å². The zero-order valence-corrected chi connectivity index (χ0v) is 76.9. The second-order valence-electron chi connectivity index (χ2n) is 35.0. The Labute approximate surface area is 756 Å². The monoisotopic (exact) mass is 1820 g/mol. The van der Waals surface area contributed by atoms with E-state index in [4.69, 9.17) is 51.0 Å². The van der Waals surface area contributed by atoms with Gasteiger partial charge in [0.05, 0.1) is 71.9 Å². The van der Waals surface area contributed by atoms with Gasteiger partial charge in [-0.1, -0.05) is 123 Å². The lowest BCUT2D eigenvalue weighted by Crippen LogP contribution is -2.61. The highest BCUT2D eigenvalue weighted by Crippen LogP contribution is 2.45. The number of rotatable bonds is 43. The summed E-state index contributed by atoms with van der Waals surface area (Å²) < 4.78 is 43.9. The standard InChI is InChI=1S/C92H129ClFN15O20/c1-16-52(9)76(68(125-15)45-71(112)109-34-20-23-62(109)41-53(10)85(117)99-54(11)78(113)57-21-18-17-19-22-57)106(13)89(121)74(49(4)5)105-88(120)75(50(6)7)107(14)92(124)127-47-56-24-27-67(128-91-81(116)79(114)80(115)82(129-91)90(122)123)66(42-56)103-86(118)55(12)100-87(119)73(48(2)3)104-70(111)31-38-126-37-30-69(110)96-32-33-97-83-72(84-101-64-26-25-59(93)44-65(64)102-84)77(108-35-28-61(95)29-36-108)63(46-98-83)58-39-51(8)40-60(94)43-58/h17-19,21-22,24-27,39-40,42-44,46,48-50,52-55,61-62,68,73-76,78-82,91,113-116H,16,20,23,28-38,41,45,47,95H2,1-15H3,(H,96,110)(H,97,98)(H,99,117)(H,100,119)(H,101,102)(H,103,118)(H,104,111)(H,105,120)(H,122,123)/t52-,53+,54+,55-,62-,68+,73-,74-,75-,76-,78+,79-,80-,81+,82-,91+/m0/s1. The number of pyridine rings is 1. The molecule has 0 saturated carbocycles. The summed E-state index contributed by atoms with van der Waals surface area (Å²) in [6.07, 6.45) is -7.90. The average molecular weight is 1820 g/mol. The van der Waals surface area contributed by atoms with Crippen LogP contribution in [-0.2, 0) is 68.7 Å². The zero-order valence-electron chi connectivity index (χ0n) is 76.1. The second kappa shape index (κ2) is 47.2. The molecule has 9 rings (SSSR count). The molecule has 37 heteroatoms. The van der Waals surface area contributed by atoms with Crippen LogP contribution in [0.4, 0.5) is 26.4 Å². The second-order valence-corrected chi connectivity index (χ2v) is 35.4. The van der Waals surface area contributed by atoms with E-state index < -0.39 is 157 Å². The van der Waals surface area contributed by atoms with E-state index in [-0.39, 0.29) is 98.3 Å². The molecular weight excluding hydrogens is 1690 g/mol. The number of aliphatic carboxylic acids is 1. The number of hydrogen-bond donors (Lipinski definition) is 14. The van der Waals surface area contributed by atoms with Gasteiger partial charge in [-0.15, -0.1) is 0 Å². The molecule has 0 spiro atoms. The van der Waals surface area contributed by atoms with E-state index in [0.29, 0.717) is 88.8 Å². The fourth-order valence-corrected chi connectivity index (χ4v) is 16.7. The minimum atomic E-state index is -2.09. The minimum Gasteiger partial charge on any atom is -0.479 e. The number of carboxylic acid groups (broad SMARTS) is 1. The number of ether oxygens (including phenoxy) is 5. The number of benzene rings is 4. The third kappa shape index (κ3) is 27.0. The summed E-state index contributed by atoms with van der Waals surface area (Å²) in [4.78, 5) is 159. The molecule has 9 amide bonds. The highest BCUT2D eigenvalue weighted by molar-refractivity contribution is 6.31. The van der Waals surface area contributed by atoms with Gasteiger partial charge < -0.3 is 112 Å². The maximum absolute atomic E-state index is 15.1. The summed E-state index contributed by atoms with van der Waals surface area (Å²) in [6.45, 7) is 22.2. The number of carbonyl (C=O) groups excluding carboxylic acids is 9. The van der Waals surface area contributed by atoms with E-state index >= 15 is 4.39 Å². The van der Waals surface area contributed by atoms with Crippen LogP contribution < -0.4 is 52.6 Å². The van der Waals surface area contributed by atoms with Crippen LogP contribution in [0, 0.1) is 42.3 Å². The van der Waals surface area contributed by atoms with Gasteiger partial charge in [-0.3, -0.25) is 43.3 Å². The van der Waals surface area contributed by atoms with Crippen molar-refractivity contribution < 1.29 is 102 Å². The number of likely N-dealkylation sites (tertiary alicyclic amines) is 1. The molecule has 706 valence electrons. The van der Waals surface area contributed by atoms with Gasteiger partial charge in [0.2, 0.25) is 53.5 Å². The van der Waals surface area contributed by atoms with Gasteiger partial charge in [0.15, 0.2) is 6.10 Å². The molecule has 35 nitrogen and oxygen atoms in total. The number of aromatic amines is 1. The normalized spacial score (nSPS) is 19.5. The first-order valence-corrected chi connectivity index (χ1v) is 44.6. The number of nitrogens with two attached hydrogens (primary N) is 1. The lowest BCUT2D eigenvalue weighted by Gasteiger charge is -2.40. The molecule has 2 aromatic heterocycles. The Morgan fingerprint density at radius 2 is 1.44 bits per heavy atom. The van der Waals surface area contributed by atoms with Crippen molar-refractivity contribution in [1.29, 1.82) is 0 Å². The summed E-state index contributed by atoms with van der Waals surface area (Å²) in [7, 11) is 4.42. The molecule has 6 aromatic rings. The number of aryl methyl sites for hydroxylation is 1. The molecule has 3 fully saturated rings. The van der Waals surface area contributed by atoms with E-state index in [0.717, 1.165) is 35.4 Å². The third-order valence-corrected chi connectivity index (χ3v) is 24.3. The Morgan fingerprint density at radius 1 is 0.752 bits per heavy atom. The number of anilines is 3. The third-order valence-electron chi connectivity index (χ3n) is 24.0. The highest BCUT2D eigenvalue weighted by atomic mass is 35.5. The molecular formula is C92H129ClFN15O20. The smallest absolute Gasteiger partial charge is 0.410 e. The van der Waals surface area contributed by atoms with Crippen molar-refractivity contribution in [3.63, 3.8) is 0 Å². The Morgan fingerprint density at radius 3 is 2.09 bits per heavy atom. The molecule has 3 aliphatic rings. The number of fused-ring (bicyclic) bond motifs is 1. The van der Waals surface area contributed by atoms with Crippen molar-refractivity contribution in [1.82, 2.24) is 56.2 Å². The topological polar surface area (TPSA) is 483 Å². The molecule has 4 aromatic carbocycles. The van der Waals surface area contributed by atoms with Crippen LogP contribution in [0.15, 0.2) is 91.1 Å². The number of amides is 9. The lowest BCUT2D eigenvalue weighted by atomic mass is 9.89. The van der Waals surface area contributed by atoms with Crippen LogP contribution in [0.25, 0.3) is 33.5 Å². The Balaban J connectivity index is 0.784. The molecule has 129 heavy (non-hydrogen) atoms. The van der Waals surface area contributed by atoms with Crippen molar-refractivity contribution in [2.24, 2.45) is 35.3 Å². The quantitative estimate of drug-likeness (QED) is 0.0165. The molecule has 0 unspecified atom stereocenters. The van der Waals surface area contributed by atoms with E-state index in [1.165, 1.54) is 56.3 Å². The first-order chi connectivity index (χ1) is 61.2. The number of imidazole rings is 1. The van der Waals surface area contributed by atoms with Crippen molar-refractivity contribution in [2.75, 3.05) is 82.7 Å². The highest BCUT2D eigenvalue weighted by Gasteiger charge is 2.49. The summed E-state index contributed by atoms with van der Waals surface area (Å²) in [5, 5.41) is 73.4. The first kappa shape index (κ1) is 102. The van der Waals surface area contributed by atoms with Crippen molar-refractivity contribution in [2.45, 2.75) is 239 Å². The van der Waals surface area contributed by atoms with Crippen LogP contribution in [0.5, 0.6) is 5.75 Å². The lowest BCUT2D eigenvalue weighted by molar-refractivity contribution is -0.271. The molecule has 16 atom stereocenters. The van der Waals surface area contributed by atoms with Gasteiger partial charge in [0.1, 0.15) is 72.3 Å². The number of aromatic nitrogens is 3. The van der Waals surface area contributed by atoms with Crippen LogP contribution in [-0.4, -0.2) is 267 Å². The number of likely N-dealkylation sites (N-methyl/N-ethyl adjacent to an activating group) is 2. The van der Waals surface area contributed by atoms with Gasteiger partial charge in [0.25, 0.3) is 0 Å². The van der Waals surface area contributed by atoms with Crippen molar-refractivity contribution >= 4 is 99.1 Å². The maximum Gasteiger partial charge on any atom is 0.410 e. The van der Waals surface area contributed by atoms with E-state index in [2.05, 4.69) is 47.1 Å². The number of piperidine rings is 1. The number of H-pyrrole nitrogens is 1. The minimum absolute atomic E-state index is 0.0112. The zero-order chi connectivity index (χ0) is 94.5. The fraction of sp³-hybridized carbons (Fsp3) is 0.565. The largest absolute Gasteiger partial charge is 0.479 e. The summed E-state index contributed by atoms with van der Waals surface area (Å²) in [5.74, 6) is -8.05. The van der Waals surface area contributed by atoms with Crippen molar-refractivity contribution in [3.05, 3.63) is 119 Å². The van der Waals surface area contributed by atoms with E-state index in [9.17, 15) is 73.5 Å². The fourth-order valence-electron chi connectivity index (χ4n) is 16.5. The molecule has 15 N–H and O–H groups in total. The number of carbonyl (C=O) groups is 10. The van der Waals surface area contributed by atoms with Crippen LogP contribution in [0.3, 0.4) is 0 Å². The number of aliphatic hydroxyl groups is 4. The predicted octanol–water partition coefficient (Wildman–Crippen LogP) is 7.47. The number of hydrogen-bond acceptors (Lipinski definition) is 24. The summed E-state index contributed by atoms with van der Waals surface area (Å²) in [5.41, 5.74) is 11.8. The Kier molecular flexibility index (Phi) is 37.4. The predicted molar refractivity (Wildman–Crippen MR) is 482 cm³/mol. The van der Waals surface area contributed by atoms with Gasteiger partial charge in [-0.25, -0.2) is 23.9 Å². The van der Waals surface area contributed by atoms with Gasteiger partial charge >= 0.3 is 12.1 Å². The molecule has 0 aliphatic carbocycles. The SMILES string of the molecule is CC[C@H](C)[C@@H]([C@@H](CC(=O)N1CCC[C@H]1C[C@@H](C)C(=O)N[C@H](C)[C@@H](O)c1ccccc1)OC)N(C)C(=O)[C@@H](NC(=O)[C@H](C(C)C)N(C)C(=O)OCc1ccc(O[C@@H]2O[C@H](C(=O)O)[C@@H](O)[C@H](O)[C@H]2O)c(NC(=O)[C@H](C)NC(=O)[C@@H](NC(=O)CCOCCC(=O)NCCNc2ncc(-c3cc(C)cc(F)c3)c(N3CCC(N)CC3)c2-c2nc3ccc(Cl)cc3[nH]2)C(C)C)c1)C(C)C. The van der Waals surface area contributed by atoms with Gasteiger partial charge in [-0.2, -0.15) is 0 Å². The maximum atomic E-state index is 15.1. The molecule has 5 heterocycles. The van der Waals surface area contributed by atoms with Crippen molar-refractivity contribution in [3.8, 4) is 28.3 Å². The Hall–Kier alpha value is -10.7. The number of methoxy groups -OCH3 is 1. The number of aliphatic hydroxyl groups excluding tert-OH is 4. The molecule has 3 aliphatic heterocycles. The number of carboxylic acids is 1. The van der Waals surface area contributed by atoms with Crippen LogP contribution in [0.1, 0.15) is 157 Å². The summed E-state index contributed by atoms with van der Waals surface area (Å²) >= 11 is 6.40. The van der Waals surface area contributed by atoms with Gasteiger partial charge in [-0.05, 0) is 141 Å².